The van der Waals surface area contributed by atoms with E-state index in [9.17, 15) is 9.59 Å². The lowest BCUT2D eigenvalue weighted by Gasteiger charge is -2.16. The van der Waals surface area contributed by atoms with E-state index in [1.54, 1.807) is 50.2 Å². The van der Waals surface area contributed by atoms with Gasteiger partial charge >= 0.3 is 0 Å². The summed E-state index contributed by atoms with van der Waals surface area (Å²) in [6, 6.07) is 14.1. The monoisotopic (exact) mass is 359 g/mol. The van der Waals surface area contributed by atoms with Gasteiger partial charge in [-0.25, -0.2) is 0 Å². The van der Waals surface area contributed by atoms with E-state index in [2.05, 4.69) is 10.6 Å². The molecule has 0 unspecified atom stereocenters. The van der Waals surface area contributed by atoms with Gasteiger partial charge in [0, 0.05) is 30.5 Å². The third kappa shape index (κ3) is 5.80. The van der Waals surface area contributed by atoms with E-state index >= 15 is 0 Å². The number of amides is 2. The fraction of sp³-hybridized carbons (Fsp3) is 0.263. The minimum absolute atomic E-state index is 0.0509. The molecule has 0 bridgehead atoms. The Balaban J connectivity index is 1.92. The van der Waals surface area contributed by atoms with Crippen molar-refractivity contribution in [1.29, 1.82) is 0 Å². The molecule has 0 aliphatic carbocycles. The Labute approximate surface area is 153 Å². The molecule has 0 radical (unpaired) electrons. The normalized spacial score (nSPS) is 11.5. The molecule has 0 fully saturated rings. The molecule has 1 atom stereocenters. The van der Waals surface area contributed by atoms with E-state index in [-0.39, 0.29) is 11.8 Å². The summed E-state index contributed by atoms with van der Waals surface area (Å²) in [5.74, 6) is -0.107. The molecule has 2 aromatic rings. The van der Waals surface area contributed by atoms with Gasteiger partial charge in [-0.05, 0) is 42.8 Å². The molecule has 0 aliphatic heterocycles. The number of benzene rings is 2. The molecule has 5 nitrogen and oxygen atoms in total. The van der Waals surface area contributed by atoms with Crippen LogP contribution in [0.25, 0.3) is 0 Å². The molecule has 0 aliphatic rings. The summed E-state index contributed by atoms with van der Waals surface area (Å²) >= 11 is 5.91. The van der Waals surface area contributed by atoms with Gasteiger partial charge in [-0.15, -0.1) is 0 Å². The number of rotatable bonds is 6. The topological polar surface area (TPSA) is 61.4 Å². The van der Waals surface area contributed by atoms with Crippen molar-refractivity contribution < 1.29 is 9.59 Å². The number of anilines is 2. The molecule has 2 amide bonds. The van der Waals surface area contributed by atoms with Crippen molar-refractivity contribution in [1.82, 2.24) is 4.90 Å². The molecular formula is C19H22ClN3O2. The van der Waals surface area contributed by atoms with Crippen LogP contribution >= 0.6 is 11.6 Å². The summed E-state index contributed by atoms with van der Waals surface area (Å²) in [4.78, 5) is 25.5. The molecule has 2 aromatic carbocycles. The van der Waals surface area contributed by atoms with Gasteiger partial charge < -0.3 is 15.5 Å². The predicted octanol–water partition coefficient (Wildman–Crippen LogP) is 3.41. The number of halogens is 1. The van der Waals surface area contributed by atoms with Crippen molar-refractivity contribution in [3.8, 4) is 0 Å². The molecule has 0 spiro atoms. The molecular weight excluding hydrogens is 338 g/mol. The first-order chi connectivity index (χ1) is 11.8. The van der Waals surface area contributed by atoms with E-state index in [1.807, 2.05) is 24.3 Å². The third-order valence-electron chi connectivity index (χ3n) is 3.68. The highest BCUT2D eigenvalue weighted by molar-refractivity contribution is 6.30. The Kier molecular flexibility index (Phi) is 6.42. The molecule has 0 saturated heterocycles. The van der Waals surface area contributed by atoms with Crippen LogP contribution in [0.5, 0.6) is 0 Å². The van der Waals surface area contributed by atoms with Crippen molar-refractivity contribution in [2.45, 2.75) is 19.4 Å². The first-order valence-corrected chi connectivity index (χ1v) is 8.35. The lowest BCUT2D eigenvalue weighted by atomic mass is 10.1. The number of likely N-dealkylation sites (N-methyl/N-ethyl adjacent to an activating group) is 1. The van der Waals surface area contributed by atoms with Gasteiger partial charge in [-0.1, -0.05) is 29.8 Å². The summed E-state index contributed by atoms with van der Waals surface area (Å²) in [7, 11) is 3.47. The fourth-order valence-corrected chi connectivity index (χ4v) is 2.37. The summed E-state index contributed by atoms with van der Waals surface area (Å²) in [5, 5.41) is 6.53. The summed E-state index contributed by atoms with van der Waals surface area (Å²) in [6.45, 7) is 1.78. The highest BCUT2D eigenvalue weighted by Gasteiger charge is 2.13. The van der Waals surface area contributed by atoms with Crippen molar-refractivity contribution in [3.05, 3.63) is 59.1 Å². The highest BCUT2D eigenvalue weighted by Crippen LogP contribution is 2.16. The smallest absolute Gasteiger partial charge is 0.246 e. The number of carbonyl (C=O) groups excluding carboxylic acids is 2. The van der Waals surface area contributed by atoms with E-state index < -0.39 is 6.04 Å². The number of nitrogens with one attached hydrogen (secondary N) is 2. The molecule has 0 saturated carbocycles. The van der Waals surface area contributed by atoms with Crippen LogP contribution in [0.1, 0.15) is 12.5 Å². The maximum atomic E-state index is 12.2. The van der Waals surface area contributed by atoms with Crippen molar-refractivity contribution in [2.75, 3.05) is 24.7 Å². The largest absolute Gasteiger partial charge is 0.374 e. The zero-order valence-electron chi connectivity index (χ0n) is 14.5. The van der Waals surface area contributed by atoms with Crippen LogP contribution in [-0.2, 0) is 16.0 Å². The van der Waals surface area contributed by atoms with Crippen molar-refractivity contribution in [3.63, 3.8) is 0 Å². The quantitative estimate of drug-likeness (QED) is 0.830. The SMILES string of the molecule is C[C@@H](Nc1ccc(CC(=O)N(C)C)cc1)C(=O)Nc1cccc(Cl)c1. The van der Waals surface area contributed by atoms with Crippen LogP contribution in [0.4, 0.5) is 11.4 Å². The first kappa shape index (κ1) is 18.8. The average Bonchev–Trinajstić information content (AvgIpc) is 2.56. The Morgan fingerprint density at radius 1 is 1.08 bits per heavy atom. The van der Waals surface area contributed by atoms with Crippen LogP contribution in [-0.4, -0.2) is 36.9 Å². The Morgan fingerprint density at radius 2 is 1.76 bits per heavy atom. The van der Waals surface area contributed by atoms with Gasteiger partial charge in [0.25, 0.3) is 0 Å². The van der Waals surface area contributed by atoms with E-state index in [4.69, 9.17) is 11.6 Å². The molecule has 25 heavy (non-hydrogen) atoms. The Bertz CT molecular complexity index is 745. The van der Waals surface area contributed by atoms with Crippen LogP contribution in [0.2, 0.25) is 5.02 Å². The Morgan fingerprint density at radius 3 is 2.36 bits per heavy atom. The minimum atomic E-state index is -0.423. The van der Waals surface area contributed by atoms with Gasteiger partial charge in [0.05, 0.1) is 6.42 Å². The van der Waals surface area contributed by atoms with Crippen LogP contribution in [0.3, 0.4) is 0 Å². The Hall–Kier alpha value is -2.53. The minimum Gasteiger partial charge on any atom is -0.374 e. The lowest BCUT2D eigenvalue weighted by Crippen LogP contribution is -2.31. The van der Waals surface area contributed by atoms with Crippen LogP contribution < -0.4 is 10.6 Å². The second-order valence-electron chi connectivity index (χ2n) is 6.03. The fourth-order valence-electron chi connectivity index (χ4n) is 2.18. The second kappa shape index (κ2) is 8.53. The van der Waals surface area contributed by atoms with Gasteiger partial charge in [0.1, 0.15) is 6.04 Å². The molecule has 0 aromatic heterocycles. The van der Waals surface area contributed by atoms with E-state index in [1.165, 1.54) is 0 Å². The number of hydrogen-bond acceptors (Lipinski definition) is 3. The highest BCUT2D eigenvalue weighted by atomic mass is 35.5. The average molecular weight is 360 g/mol. The van der Waals surface area contributed by atoms with E-state index in [0.29, 0.717) is 17.1 Å². The summed E-state index contributed by atoms with van der Waals surface area (Å²) in [5.41, 5.74) is 2.40. The number of nitrogens with zero attached hydrogens (tertiary/aromatic N) is 1. The molecule has 2 N–H and O–H groups in total. The van der Waals surface area contributed by atoms with Gasteiger partial charge in [0.15, 0.2) is 0 Å². The van der Waals surface area contributed by atoms with Gasteiger partial charge in [-0.3, -0.25) is 9.59 Å². The molecule has 2 rings (SSSR count). The summed E-state index contributed by atoms with van der Waals surface area (Å²) < 4.78 is 0. The molecule has 6 heteroatoms. The van der Waals surface area contributed by atoms with Gasteiger partial charge in [-0.2, -0.15) is 0 Å². The van der Waals surface area contributed by atoms with Gasteiger partial charge in [0.2, 0.25) is 11.8 Å². The predicted molar refractivity (Wildman–Crippen MR) is 102 cm³/mol. The lowest BCUT2D eigenvalue weighted by molar-refractivity contribution is -0.128. The van der Waals surface area contributed by atoms with Crippen LogP contribution in [0.15, 0.2) is 48.5 Å². The van der Waals surface area contributed by atoms with Crippen molar-refractivity contribution >= 4 is 34.8 Å². The third-order valence-corrected chi connectivity index (χ3v) is 3.91. The maximum Gasteiger partial charge on any atom is 0.246 e. The number of carbonyl (C=O) groups is 2. The zero-order chi connectivity index (χ0) is 18.4. The summed E-state index contributed by atoms with van der Waals surface area (Å²) in [6.07, 6.45) is 0.359. The first-order valence-electron chi connectivity index (χ1n) is 7.97. The zero-order valence-corrected chi connectivity index (χ0v) is 15.3. The number of hydrogen-bond donors (Lipinski definition) is 2. The second-order valence-corrected chi connectivity index (χ2v) is 6.46. The standard InChI is InChI=1S/C19H22ClN3O2/c1-13(19(25)22-17-6-4-5-15(20)12-17)21-16-9-7-14(8-10-16)11-18(24)23(2)3/h4-10,12-13,21H,11H2,1-3H3,(H,22,25)/t13-/m1/s1. The van der Waals surface area contributed by atoms with E-state index in [0.717, 1.165) is 11.3 Å². The maximum absolute atomic E-state index is 12.2. The van der Waals surface area contributed by atoms with Crippen molar-refractivity contribution in [2.24, 2.45) is 0 Å². The van der Waals surface area contributed by atoms with Crippen LogP contribution in [0, 0.1) is 0 Å². The molecule has 132 valence electrons. The molecule has 0 heterocycles.